The summed E-state index contributed by atoms with van der Waals surface area (Å²) in [7, 11) is 2.52. The van der Waals surface area contributed by atoms with E-state index in [0.29, 0.717) is 6.42 Å². The lowest BCUT2D eigenvalue weighted by Gasteiger charge is -2.18. The van der Waals surface area contributed by atoms with Gasteiger partial charge in [0.05, 0.1) is 50.1 Å². The highest BCUT2D eigenvalue weighted by Crippen LogP contribution is 2.30. The monoisotopic (exact) mass is 422 g/mol. The average molecular weight is 423 g/mol. The number of aryl methyl sites for hydroxylation is 2. The maximum absolute atomic E-state index is 11.9. The summed E-state index contributed by atoms with van der Waals surface area (Å²) in [5, 5.41) is 4.69. The summed E-state index contributed by atoms with van der Waals surface area (Å²) in [6, 6.07) is 4.02. The molecule has 1 N–H and O–H groups in total. The molecule has 160 valence electrons. The van der Waals surface area contributed by atoms with Gasteiger partial charge in [0.2, 0.25) is 0 Å². The van der Waals surface area contributed by atoms with Crippen LogP contribution in [0.5, 0.6) is 11.5 Å². The van der Waals surface area contributed by atoms with E-state index in [-0.39, 0.29) is 17.5 Å². The Morgan fingerprint density at radius 1 is 1.14 bits per heavy atom. The fourth-order valence-electron chi connectivity index (χ4n) is 4.18. The molecule has 29 heavy (non-hydrogen) atoms. The fraction of sp³-hybridized carbons (Fsp3) is 0.571. The molecule has 1 aromatic carbocycles. The van der Waals surface area contributed by atoms with Crippen molar-refractivity contribution in [3.8, 4) is 11.5 Å². The van der Waals surface area contributed by atoms with E-state index in [1.807, 2.05) is 23.7 Å². The lowest BCUT2D eigenvalue weighted by molar-refractivity contribution is -0.907. The van der Waals surface area contributed by atoms with E-state index in [0.717, 1.165) is 36.0 Å². The quantitative estimate of drug-likeness (QED) is 0.730. The van der Waals surface area contributed by atoms with E-state index in [2.05, 4.69) is 26.0 Å². The highest BCUT2D eigenvalue weighted by atomic mass is 32.2. The van der Waals surface area contributed by atoms with E-state index in [1.165, 1.54) is 21.6 Å². The summed E-state index contributed by atoms with van der Waals surface area (Å²) in [6.07, 6.45) is 0.650. The molecule has 1 aliphatic rings. The first kappa shape index (κ1) is 21.6. The second kappa shape index (κ2) is 8.36. The van der Waals surface area contributed by atoms with Gasteiger partial charge in [0.1, 0.15) is 13.1 Å². The first-order valence-electron chi connectivity index (χ1n) is 9.93. The van der Waals surface area contributed by atoms with Crippen molar-refractivity contribution in [1.82, 2.24) is 9.78 Å². The van der Waals surface area contributed by atoms with E-state index in [4.69, 9.17) is 9.47 Å². The molecule has 0 bridgehead atoms. The second-order valence-corrected chi connectivity index (χ2v) is 10.3. The van der Waals surface area contributed by atoms with Gasteiger partial charge in [-0.3, -0.25) is 4.68 Å². The van der Waals surface area contributed by atoms with E-state index < -0.39 is 9.84 Å². The Labute approximate surface area is 173 Å². The number of rotatable bonds is 7. The normalized spacial score (nSPS) is 19.3. The van der Waals surface area contributed by atoms with E-state index in [9.17, 15) is 8.42 Å². The van der Waals surface area contributed by atoms with Crippen LogP contribution < -0.4 is 14.4 Å². The van der Waals surface area contributed by atoms with Crippen LogP contribution in [0.25, 0.3) is 0 Å². The maximum Gasteiger partial charge on any atom is 0.161 e. The minimum atomic E-state index is -2.93. The SMILES string of the molecule is COc1cc(C)c(C[NH+](C)Cc2c(C)nn([C@@H]3CCS(=O)(=O)C3)c2C)cc1OC. The molecular weight excluding hydrogens is 390 g/mol. The number of ether oxygens (including phenoxy) is 2. The topological polar surface area (TPSA) is 74.9 Å². The van der Waals surface area contributed by atoms with Gasteiger partial charge in [0.15, 0.2) is 21.3 Å². The second-order valence-electron chi connectivity index (χ2n) is 8.10. The van der Waals surface area contributed by atoms with E-state index >= 15 is 0 Å². The number of benzene rings is 1. The number of aromatic nitrogens is 2. The van der Waals surface area contributed by atoms with Gasteiger partial charge in [0.25, 0.3) is 0 Å². The molecule has 8 heteroatoms. The summed E-state index contributed by atoms with van der Waals surface area (Å²) in [5.74, 6) is 1.94. The van der Waals surface area contributed by atoms with E-state index in [1.54, 1.807) is 14.2 Å². The van der Waals surface area contributed by atoms with Gasteiger partial charge in [-0.05, 0) is 44.9 Å². The zero-order chi connectivity index (χ0) is 21.3. The molecule has 0 radical (unpaired) electrons. The lowest BCUT2D eigenvalue weighted by Crippen LogP contribution is -3.06. The predicted molar refractivity (Wildman–Crippen MR) is 113 cm³/mol. The van der Waals surface area contributed by atoms with Crippen molar-refractivity contribution in [2.24, 2.45) is 0 Å². The molecule has 1 aliphatic heterocycles. The molecule has 2 atom stereocenters. The summed E-state index contributed by atoms with van der Waals surface area (Å²) in [5.41, 5.74) is 5.64. The first-order valence-corrected chi connectivity index (χ1v) is 11.7. The molecule has 1 aromatic heterocycles. The molecule has 2 aromatic rings. The minimum absolute atomic E-state index is 0.0409. The third kappa shape index (κ3) is 4.59. The largest absolute Gasteiger partial charge is 0.493 e. The van der Waals surface area contributed by atoms with Crippen LogP contribution in [0, 0.1) is 20.8 Å². The Balaban J connectivity index is 1.77. The van der Waals surface area contributed by atoms with Gasteiger partial charge in [-0.1, -0.05) is 0 Å². The molecular formula is C21H32N3O4S+. The van der Waals surface area contributed by atoms with Gasteiger partial charge >= 0.3 is 0 Å². The van der Waals surface area contributed by atoms with Crippen molar-refractivity contribution < 1.29 is 22.8 Å². The van der Waals surface area contributed by atoms with Gasteiger partial charge in [-0.2, -0.15) is 5.10 Å². The fourth-order valence-corrected chi connectivity index (χ4v) is 5.87. The Bertz CT molecular complexity index is 998. The van der Waals surface area contributed by atoms with Crippen molar-refractivity contribution in [3.63, 3.8) is 0 Å². The standard InChI is InChI=1S/C21H31N3O4S/c1-14-9-20(27-5)21(28-6)10-17(14)11-23(4)12-19-15(2)22-24(16(19)3)18-7-8-29(25,26)13-18/h9-10,18H,7-8,11-13H2,1-6H3/p+1/t18-/m1/s1. The van der Waals surface area contributed by atoms with Crippen LogP contribution in [0.2, 0.25) is 0 Å². The highest BCUT2D eigenvalue weighted by Gasteiger charge is 2.31. The Morgan fingerprint density at radius 2 is 1.79 bits per heavy atom. The van der Waals surface area contributed by atoms with Crippen LogP contribution in [0.1, 0.15) is 40.5 Å². The molecule has 1 fully saturated rings. The number of nitrogens with zero attached hydrogens (tertiary/aromatic N) is 2. The number of methoxy groups -OCH3 is 2. The number of sulfone groups is 1. The van der Waals surface area contributed by atoms with Gasteiger partial charge in [-0.15, -0.1) is 0 Å². The van der Waals surface area contributed by atoms with Gasteiger partial charge in [0, 0.05) is 11.3 Å². The predicted octanol–water partition coefficient (Wildman–Crippen LogP) is 1.40. The molecule has 0 spiro atoms. The summed E-state index contributed by atoms with van der Waals surface area (Å²) in [6.45, 7) is 7.81. The summed E-state index contributed by atoms with van der Waals surface area (Å²) >= 11 is 0. The summed E-state index contributed by atoms with van der Waals surface area (Å²) < 4.78 is 36.5. The highest BCUT2D eigenvalue weighted by molar-refractivity contribution is 7.91. The number of hydrogen-bond donors (Lipinski definition) is 1. The van der Waals surface area contributed by atoms with Crippen molar-refractivity contribution in [1.29, 1.82) is 0 Å². The molecule has 2 heterocycles. The van der Waals surface area contributed by atoms with Crippen LogP contribution in [-0.2, 0) is 22.9 Å². The average Bonchev–Trinajstić information content (AvgIpc) is 3.16. The lowest BCUT2D eigenvalue weighted by atomic mass is 10.1. The van der Waals surface area contributed by atoms with Crippen LogP contribution >= 0.6 is 0 Å². The third-order valence-corrected chi connectivity index (χ3v) is 7.59. The van der Waals surface area contributed by atoms with Crippen LogP contribution in [-0.4, -0.2) is 51.0 Å². The zero-order valence-electron chi connectivity index (χ0n) is 18.2. The number of quaternary nitrogens is 1. The third-order valence-electron chi connectivity index (χ3n) is 5.84. The molecule has 0 aliphatic carbocycles. The summed E-state index contributed by atoms with van der Waals surface area (Å²) in [4.78, 5) is 1.32. The van der Waals surface area contributed by atoms with Crippen molar-refractivity contribution in [2.45, 2.75) is 46.3 Å². The van der Waals surface area contributed by atoms with Crippen LogP contribution in [0.15, 0.2) is 12.1 Å². The Morgan fingerprint density at radius 3 is 2.38 bits per heavy atom. The van der Waals surface area contributed by atoms with Crippen molar-refractivity contribution in [3.05, 3.63) is 40.2 Å². The van der Waals surface area contributed by atoms with Gasteiger partial charge in [-0.25, -0.2) is 8.42 Å². The Hall–Kier alpha value is -2.06. The Kier molecular flexibility index (Phi) is 6.24. The zero-order valence-corrected chi connectivity index (χ0v) is 19.0. The molecule has 1 saturated heterocycles. The molecule has 1 unspecified atom stereocenters. The van der Waals surface area contributed by atoms with Crippen molar-refractivity contribution >= 4 is 9.84 Å². The van der Waals surface area contributed by atoms with Gasteiger partial charge < -0.3 is 14.4 Å². The molecule has 0 saturated carbocycles. The van der Waals surface area contributed by atoms with Crippen molar-refractivity contribution in [2.75, 3.05) is 32.8 Å². The molecule has 3 rings (SSSR count). The molecule has 7 nitrogen and oxygen atoms in total. The smallest absolute Gasteiger partial charge is 0.161 e. The number of nitrogens with one attached hydrogen (secondary N) is 1. The molecule has 0 amide bonds. The maximum atomic E-state index is 11.9. The minimum Gasteiger partial charge on any atom is -0.493 e. The van der Waals surface area contributed by atoms with Crippen LogP contribution in [0.4, 0.5) is 0 Å². The van der Waals surface area contributed by atoms with Crippen LogP contribution in [0.3, 0.4) is 0 Å². The first-order chi connectivity index (χ1) is 13.6. The number of hydrogen-bond acceptors (Lipinski definition) is 5.